The molecule has 226 valence electrons. The van der Waals surface area contributed by atoms with Crippen molar-refractivity contribution in [1.29, 1.82) is 0 Å². The lowest BCUT2D eigenvalue weighted by Gasteiger charge is -2.38. The van der Waals surface area contributed by atoms with Gasteiger partial charge in [0.25, 0.3) is 11.8 Å². The summed E-state index contributed by atoms with van der Waals surface area (Å²) >= 11 is 0. The average molecular weight is 583 g/mol. The van der Waals surface area contributed by atoms with Crippen LogP contribution in [0.4, 0.5) is 11.4 Å². The summed E-state index contributed by atoms with van der Waals surface area (Å²) in [6, 6.07) is 16.9. The quantitative estimate of drug-likeness (QED) is 0.141. The first-order valence-corrected chi connectivity index (χ1v) is 15.2. The molecular formula is C34H44N7O2+. The van der Waals surface area contributed by atoms with Crippen LogP contribution in [0.15, 0.2) is 53.6 Å². The molecule has 9 heteroatoms. The number of amidine groups is 1. The third-order valence-corrected chi connectivity index (χ3v) is 8.59. The standard InChI is InChI=1S/C34H43N7O2/c1-21(2)33(42)38-39(23(4)10-11-27-13-16-30(18-22(27)3)40-24(5)8-9-25(40)6)20-35-29-15-12-28-14-17-32-36-37-34(43)26(7)41(32)31(28)19-29/h8-9,12-13,15-16,18-19,21,26,35H,10-11,14,17,20H2,1-7H3,(H-,37,38,42,43)/p+1. The first kappa shape index (κ1) is 30.1. The fourth-order valence-electron chi connectivity index (χ4n) is 5.82. The number of aromatic nitrogens is 1. The summed E-state index contributed by atoms with van der Waals surface area (Å²) in [5.74, 6) is 0.605. The summed E-state index contributed by atoms with van der Waals surface area (Å²) in [5, 5.41) is 7.80. The molecule has 1 atom stereocenters. The lowest BCUT2D eigenvalue weighted by Crippen LogP contribution is -2.53. The Labute approximate surface area is 254 Å². The van der Waals surface area contributed by atoms with Crippen molar-refractivity contribution in [3.05, 3.63) is 76.6 Å². The van der Waals surface area contributed by atoms with Gasteiger partial charge < -0.3 is 14.8 Å². The average Bonchev–Trinajstić information content (AvgIpc) is 3.32. The second-order valence-corrected chi connectivity index (χ2v) is 12.1. The number of benzene rings is 2. The third kappa shape index (κ3) is 6.35. The number of aryl methyl sites for hydroxylation is 5. The number of hydrazine groups is 1. The van der Waals surface area contributed by atoms with Gasteiger partial charge in [-0.25, -0.2) is 5.43 Å². The molecule has 0 saturated heterocycles. The molecule has 2 amide bonds. The fraction of sp³-hybridized carbons (Fsp3) is 0.412. The Morgan fingerprint density at radius 3 is 2.51 bits per heavy atom. The maximum atomic E-state index is 12.8. The van der Waals surface area contributed by atoms with Crippen LogP contribution >= 0.6 is 0 Å². The van der Waals surface area contributed by atoms with Crippen LogP contribution in [-0.2, 0) is 22.4 Å². The van der Waals surface area contributed by atoms with E-state index >= 15 is 0 Å². The van der Waals surface area contributed by atoms with Crippen molar-refractivity contribution in [2.24, 2.45) is 11.0 Å². The van der Waals surface area contributed by atoms with Crippen LogP contribution in [0.25, 0.3) is 5.69 Å². The Bertz CT molecular complexity index is 1600. The van der Waals surface area contributed by atoms with E-state index in [4.69, 9.17) is 0 Å². The number of anilines is 2. The molecule has 0 bridgehead atoms. The molecule has 0 fully saturated rings. The molecule has 3 heterocycles. The number of hydrazone groups is 2. The Hall–Kier alpha value is -4.40. The maximum Gasteiger partial charge on any atom is 0.276 e. The van der Waals surface area contributed by atoms with Crippen LogP contribution < -0.4 is 21.1 Å². The molecule has 0 saturated carbocycles. The minimum atomic E-state index is -0.326. The van der Waals surface area contributed by atoms with Crippen LogP contribution in [-0.4, -0.2) is 45.3 Å². The molecule has 43 heavy (non-hydrogen) atoms. The van der Waals surface area contributed by atoms with Gasteiger partial charge in [0, 0.05) is 54.1 Å². The summed E-state index contributed by atoms with van der Waals surface area (Å²) < 4.78 is 4.19. The first-order chi connectivity index (χ1) is 20.5. The topological polar surface area (TPSA) is 93.8 Å². The molecule has 2 aliphatic heterocycles. The third-order valence-electron chi connectivity index (χ3n) is 8.59. The molecule has 2 aromatic carbocycles. The Morgan fingerprint density at radius 2 is 1.81 bits per heavy atom. The van der Waals surface area contributed by atoms with Gasteiger partial charge in [0.15, 0.2) is 5.71 Å². The zero-order valence-electron chi connectivity index (χ0n) is 26.4. The van der Waals surface area contributed by atoms with Crippen molar-refractivity contribution in [3.63, 3.8) is 0 Å². The largest absolute Gasteiger partial charge is 0.328 e. The molecule has 2 aliphatic rings. The van der Waals surface area contributed by atoms with Gasteiger partial charge in [-0.1, -0.05) is 30.7 Å². The highest BCUT2D eigenvalue weighted by Crippen LogP contribution is 2.33. The van der Waals surface area contributed by atoms with Crippen molar-refractivity contribution >= 4 is 34.7 Å². The van der Waals surface area contributed by atoms with Crippen LogP contribution in [0, 0.1) is 26.7 Å². The molecule has 5 rings (SSSR count). The number of hydrogen-bond donors (Lipinski definition) is 3. The Balaban J connectivity index is 1.33. The van der Waals surface area contributed by atoms with Crippen molar-refractivity contribution < 1.29 is 14.3 Å². The van der Waals surface area contributed by atoms with E-state index in [1.807, 2.05) is 30.4 Å². The van der Waals surface area contributed by atoms with E-state index in [-0.39, 0.29) is 23.8 Å². The van der Waals surface area contributed by atoms with Crippen LogP contribution in [0.2, 0.25) is 0 Å². The first-order valence-electron chi connectivity index (χ1n) is 15.2. The second-order valence-electron chi connectivity index (χ2n) is 12.1. The number of amides is 2. The van der Waals surface area contributed by atoms with Crippen molar-refractivity contribution in [3.8, 4) is 5.69 Å². The molecular weight excluding hydrogens is 538 g/mol. The summed E-state index contributed by atoms with van der Waals surface area (Å²) in [5.41, 5.74) is 16.1. The molecule has 0 aliphatic carbocycles. The van der Waals surface area contributed by atoms with E-state index in [1.54, 1.807) is 0 Å². The van der Waals surface area contributed by atoms with E-state index in [0.717, 1.165) is 48.6 Å². The molecule has 0 spiro atoms. The normalized spacial score (nSPS) is 16.7. The highest BCUT2D eigenvalue weighted by atomic mass is 16.2. The Morgan fingerprint density at radius 1 is 1.07 bits per heavy atom. The van der Waals surface area contributed by atoms with Gasteiger partial charge >= 0.3 is 0 Å². The van der Waals surface area contributed by atoms with Crippen molar-refractivity contribution in [1.82, 2.24) is 15.4 Å². The molecule has 9 nitrogen and oxygen atoms in total. The van der Waals surface area contributed by atoms with Crippen LogP contribution in [0.3, 0.4) is 0 Å². The number of hydrogen-bond acceptors (Lipinski definition) is 5. The number of nitrogens with one attached hydrogen (secondary N) is 3. The van der Waals surface area contributed by atoms with E-state index in [2.05, 4.69) is 102 Å². The Kier molecular flexibility index (Phi) is 8.71. The number of rotatable bonds is 9. The summed E-state index contributed by atoms with van der Waals surface area (Å²) in [4.78, 5) is 27.1. The monoisotopic (exact) mass is 582 g/mol. The summed E-state index contributed by atoms with van der Waals surface area (Å²) in [7, 11) is 0. The number of carbonyl (C=O) groups excluding carboxylic acids is 2. The molecule has 3 aromatic rings. The fourth-order valence-corrected chi connectivity index (χ4v) is 5.82. The lowest BCUT2D eigenvalue weighted by atomic mass is 9.98. The SMILES string of the molecule is CC(CCc1ccc(-n2c(C)ccc2C)cc1C)=[N+](CNc1ccc2c(c1)N1C(=NNC(=O)C1C)CC2)NC(=O)C(C)C. The van der Waals surface area contributed by atoms with Gasteiger partial charge in [0.2, 0.25) is 6.67 Å². The van der Waals surface area contributed by atoms with Gasteiger partial charge in [0.1, 0.15) is 11.9 Å². The van der Waals surface area contributed by atoms with Gasteiger partial charge in [-0.2, -0.15) is 5.10 Å². The van der Waals surface area contributed by atoms with Gasteiger partial charge in [0.05, 0.1) is 0 Å². The molecule has 1 unspecified atom stereocenters. The highest BCUT2D eigenvalue weighted by Gasteiger charge is 2.34. The van der Waals surface area contributed by atoms with Crippen LogP contribution in [0.1, 0.15) is 68.6 Å². The summed E-state index contributed by atoms with van der Waals surface area (Å²) in [6.45, 7) is 14.6. The number of carbonyl (C=O) groups is 2. The lowest BCUT2D eigenvalue weighted by molar-refractivity contribution is -0.570. The molecule has 3 N–H and O–H groups in total. The van der Waals surface area contributed by atoms with Gasteiger partial charge in [-0.15, -0.1) is 5.43 Å². The van der Waals surface area contributed by atoms with E-state index in [1.165, 1.54) is 33.8 Å². The van der Waals surface area contributed by atoms with Gasteiger partial charge in [-0.3, -0.25) is 9.59 Å². The maximum absolute atomic E-state index is 12.8. The predicted octanol–water partition coefficient (Wildman–Crippen LogP) is 5.15. The second kappa shape index (κ2) is 12.5. The summed E-state index contributed by atoms with van der Waals surface area (Å²) in [6.07, 6.45) is 3.33. The number of nitrogens with zero attached hydrogens (tertiary/aromatic N) is 4. The smallest absolute Gasteiger partial charge is 0.276 e. The molecule has 1 aromatic heterocycles. The number of fused-ring (bicyclic) bond motifs is 3. The molecule has 0 radical (unpaired) electrons. The minimum Gasteiger partial charge on any atom is -0.328 e. The van der Waals surface area contributed by atoms with E-state index in [0.29, 0.717) is 6.67 Å². The highest BCUT2D eigenvalue weighted by molar-refractivity contribution is 6.08. The van der Waals surface area contributed by atoms with E-state index < -0.39 is 0 Å². The van der Waals surface area contributed by atoms with Crippen LogP contribution in [0.5, 0.6) is 0 Å². The van der Waals surface area contributed by atoms with E-state index in [9.17, 15) is 9.59 Å². The zero-order chi connectivity index (χ0) is 30.8. The predicted molar refractivity (Wildman–Crippen MR) is 173 cm³/mol. The van der Waals surface area contributed by atoms with Gasteiger partial charge in [-0.05, 0) is 93.6 Å². The van der Waals surface area contributed by atoms with Crippen molar-refractivity contribution in [2.45, 2.75) is 80.2 Å². The van der Waals surface area contributed by atoms with Crippen molar-refractivity contribution in [2.75, 3.05) is 16.9 Å². The minimum absolute atomic E-state index is 0.0291. The zero-order valence-corrected chi connectivity index (χ0v) is 26.4.